The van der Waals surface area contributed by atoms with Crippen LogP contribution in [0.15, 0.2) is 35.0 Å². The first kappa shape index (κ1) is 12.3. The fraction of sp³-hybridized carbons (Fsp3) is 0.143. The quantitative estimate of drug-likeness (QED) is 0.772. The fourth-order valence-corrected chi connectivity index (χ4v) is 2.06. The van der Waals surface area contributed by atoms with Crippen molar-refractivity contribution in [2.45, 2.75) is 13.8 Å². The van der Waals surface area contributed by atoms with E-state index in [1.807, 2.05) is 19.1 Å². The maximum Gasteiger partial charge on any atom is 0.322 e. The molecule has 1 aromatic carbocycles. The summed E-state index contributed by atoms with van der Waals surface area (Å²) in [6.07, 6.45) is 3.47. The molecule has 0 atom stereocenters. The Morgan fingerprint density at radius 1 is 1.20 bits per heavy atom. The van der Waals surface area contributed by atoms with E-state index in [0.29, 0.717) is 11.5 Å². The van der Waals surface area contributed by atoms with Crippen molar-refractivity contribution in [2.75, 3.05) is 5.32 Å². The van der Waals surface area contributed by atoms with Crippen LogP contribution in [0, 0.1) is 13.8 Å². The Morgan fingerprint density at radius 2 is 2.05 bits per heavy atom. The molecule has 3 aromatic rings. The van der Waals surface area contributed by atoms with E-state index in [1.165, 1.54) is 0 Å². The fourth-order valence-electron chi connectivity index (χ4n) is 2.06. The Kier molecular flexibility index (Phi) is 2.90. The van der Waals surface area contributed by atoms with Crippen molar-refractivity contribution < 1.29 is 9.21 Å². The summed E-state index contributed by atoms with van der Waals surface area (Å²) in [7, 11) is 0. The number of rotatable bonds is 2. The smallest absolute Gasteiger partial charge is 0.322 e. The van der Waals surface area contributed by atoms with Crippen LogP contribution in [0.3, 0.4) is 0 Å². The topological polar surface area (TPSA) is 80.9 Å². The molecule has 1 N–H and O–H groups in total. The highest BCUT2D eigenvalue weighted by molar-refractivity contribution is 6.07. The molecule has 0 saturated carbocycles. The summed E-state index contributed by atoms with van der Waals surface area (Å²) in [6.45, 7) is 3.55. The largest absolute Gasteiger partial charge is 0.408 e. The van der Waals surface area contributed by atoms with Crippen molar-refractivity contribution in [3.8, 4) is 0 Å². The molecule has 3 rings (SSSR count). The van der Waals surface area contributed by atoms with E-state index in [9.17, 15) is 4.79 Å². The first-order chi connectivity index (χ1) is 9.65. The molecule has 0 bridgehead atoms. The molecule has 0 aliphatic heterocycles. The zero-order valence-corrected chi connectivity index (χ0v) is 11.0. The van der Waals surface area contributed by atoms with Crippen LogP contribution in [0.1, 0.15) is 21.8 Å². The van der Waals surface area contributed by atoms with E-state index < -0.39 is 0 Å². The average Bonchev–Trinajstić information content (AvgIpc) is 2.84. The number of hydrogen-bond acceptors (Lipinski definition) is 5. The van der Waals surface area contributed by atoms with Gasteiger partial charge in [-0.2, -0.15) is 0 Å². The van der Waals surface area contributed by atoms with Gasteiger partial charge >= 0.3 is 6.01 Å². The number of aromatic nitrogens is 3. The van der Waals surface area contributed by atoms with E-state index >= 15 is 0 Å². The van der Waals surface area contributed by atoms with Gasteiger partial charge in [0.25, 0.3) is 5.91 Å². The lowest BCUT2D eigenvalue weighted by Gasteiger charge is -2.07. The van der Waals surface area contributed by atoms with Crippen molar-refractivity contribution in [3.05, 3.63) is 47.6 Å². The van der Waals surface area contributed by atoms with Gasteiger partial charge in [-0.3, -0.25) is 15.1 Å². The van der Waals surface area contributed by atoms with Crippen LogP contribution in [0.4, 0.5) is 6.01 Å². The van der Waals surface area contributed by atoms with Gasteiger partial charge in [0.15, 0.2) is 0 Å². The number of nitrogens with one attached hydrogen (secondary N) is 1. The monoisotopic (exact) mass is 268 g/mol. The molecule has 0 aliphatic carbocycles. The number of carbonyl (C=O) groups is 1. The van der Waals surface area contributed by atoms with Crippen molar-refractivity contribution in [3.63, 3.8) is 0 Å². The Bertz CT molecular complexity index is 795. The minimum atomic E-state index is -0.281. The van der Waals surface area contributed by atoms with Crippen LogP contribution in [-0.2, 0) is 0 Å². The first-order valence-corrected chi connectivity index (χ1v) is 6.10. The Labute approximate surface area is 114 Å². The van der Waals surface area contributed by atoms with Crippen LogP contribution in [0.25, 0.3) is 10.8 Å². The predicted octanol–water partition coefficient (Wildman–Crippen LogP) is 2.49. The molecule has 0 unspecified atom stereocenters. The highest BCUT2D eigenvalue weighted by atomic mass is 16.4. The Morgan fingerprint density at radius 3 is 2.80 bits per heavy atom. The number of nitrogens with zero attached hydrogens (tertiary/aromatic N) is 3. The van der Waals surface area contributed by atoms with Gasteiger partial charge < -0.3 is 4.42 Å². The minimum absolute atomic E-state index is 0.0955. The molecule has 0 spiro atoms. The molecule has 0 saturated heterocycles. The summed E-state index contributed by atoms with van der Waals surface area (Å²) in [4.78, 5) is 16.3. The average molecular weight is 268 g/mol. The first-order valence-electron chi connectivity index (χ1n) is 6.10. The van der Waals surface area contributed by atoms with Crippen molar-refractivity contribution in [1.82, 2.24) is 15.2 Å². The third kappa shape index (κ3) is 2.11. The number of pyridine rings is 1. The molecule has 1 amide bonds. The van der Waals surface area contributed by atoms with E-state index in [-0.39, 0.29) is 11.9 Å². The van der Waals surface area contributed by atoms with Crippen LogP contribution < -0.4 is 5.32 Å². The highest BCUT2D eigenvalue weighted by Gasteiger charge is 2.14. The number of aryl methyl sites for hydroxylation is 2. The molecule has 100 valence electrons. The highest BCUT2D eigenvalue weighted by Crippen LogP contribution is 2.21. The minimum Gasteiger partial charge on any atom is -0.408 e. The van der Waals surface area contributed by atoms with Gasteiger partial charge in [-0.1, -0.05) is 11.2 Å². The number of amides is 1. The summed E-state index contributed by atoms with van der Waals surface area (Å²) in [5.74, 6) is 0.122. The van der Waals surface area contributed by atoms with Crippen molar-refractivity contribution >= 4 is 22.7 Å². The number of carbonyl (C=O) groups excluding carboxylic acids is 1. The van der Waals surface area contributed by atoms with Crippen LogP contribution in [0.5, 0.6) is 0 Å². The van der Waals surface area contributed by atoms with Gasteiger partial charge in [-0.25, -0.2) is 0 Å². The second-order valence-corrected chi connectivity index (χ2v) is 4.42. The molecule has 2 aromatic heterocycles. The molecule has 6 heteroatoms. The lowest BCUT2D eigenvalue weighted by Crippen LogP contribution is -2.13. The second-order valence-electron chi connectivity index (χ2n) is 4.42. The van der Waals surface area contributed by atoms with Crippen molar-refractivity contribution in [1.29, 1.82) is 0 Å². The van der Waals surface area contributed by atoms with Gasteiger partial charge in [0.2, 0.25) is 5.89 Å². The molecule has 0 radical (unpaired) electrons. The van der Waals surface area contributed by atoms with Gasteiger partial charge in [0.1, 0.15) is 0 Å². The lowest BCUT2D eigenvalue weighted by molar-refractivity contribution is 0.102. The van der Waals surface area contributed by atoms with Gasteiger partial charge in [0.05, 0.1) is 0 Å². The number of fused-ring (bicyclic) bond motifs is 1. The Balaban J connectivity index is 1.97. The van der Waals surface area contributed by atoms with E-state index in [2.05, 4.69) is 20.5 Å². The molecule has 20 heavy (non-hydrogen) atoms. The van der Waals surface area contributed by atoms with Crippen LogP contribution >= 0.6 is 0 Å². The lowest BCUT2D eigenvalue weighted by atomic mass is 10.0. The van der Waals surface area contributed by atoms with E-state index in [1.54, 1.807) is 25.4 Å². The van der Waals surface area contributed by atoms with Gasteiger partial charge in [-0.15, -0.1) is 5.10 Å². The molecule has 2 heterocycles. The summed E-state index contributed by atoms with van der Waals surface area (Å²) in [5, 5.41) is 12.0. The maximum atomic E-state index is 12.2. The second kappa shape index (κ2) is 4.73. The number of benzene rings is 1. The molecular weight excluding hydrogens is 256 g/mol. The summed E-state index contributed by atoms with van der Waals surface area (Å²) >= 11 is 0. The van der Waals surface area contributed by atoms with Gasteiger partial charge in [0, 0.05) is 30.3 Å². The molecule has 0 aliphatic rings. The van der Waals surface area contributed by atoms with Crippen molar-refractivity contribution in [2.24, 2.45) is 0 Å². The summed E-state index contributed by atoms with van der Waals surface area (Å²) in [5.41, 5.74) is 1.42. The SMILES string of the molecule is Cc1nnc(NC(=O)c2ccc3ccncc3c2C)o1. The van der Waals surface area contributed by atoms with Crippen LogP contribution in [-0.4, -0.2) is 21.1 Å². The normalized spacial score (nSPS) is 10.7. The summed E-state index contributed by atoms with van der Waals surface area (Å²) in [6, 6.07) is 5.66. The molecule has 0 fully saturated rings. The van der Waals surface area contributed by atoms with E-state index in [0.717, 1.165) is 16.3 Å². The zero-order chi connectivity index (χ0) is 14.1. The number of anilines is 1. The van der Waals surface area contributed by atoms with E-state index in [4.69, 9.17) is 4.42 Å². The predicted molar refractivity (Wildman–Crippen MR) is 73.5 cm³/mol. The maximum absolute atomic E-state index is 12.2. The zero-order valence-electron chi connectivity index (χ0n) is 11.0. The molecular formula is C14H12N4O2. The molecule has 6 nitrogen and oxygen atoms in total. The Hall–Kier alpha value is -2.76. The van der Waals surface area contributed by atoms with Crippen LogP contribution in [0.2, 0.25) is 0 Å². The third-order valence-corrected chi connectivity index (χ3v) is 3.08. The number of hydrogen-bond donors (Lipinski definition) is 1. The summed E-state index contributed by atoms with van der Waals surface area (Å²) < 4.78 is 5.14. The standard InChI is InChI=1S/C14H12N4O2/c1-8-11(4-3-10-5-6-15-7-12(8)10)13(19)16-14-18-17-9(2)20-14/h3-7H,1-2H3,(H,16,18,19). The van der Waals surface area contributed by atoms with Gasteiger partial charge in [-0.05, 0) is 30.0 Å². The third-order valence-electron chi connectivity index (χ3n) is 3.08.